The number of rotatable bonds is 4. The van der Waals surface area contributed by atoms with Gasteiger partial charge in [-0.15, -0.1) is 0 Å². The van der Waals surface area contributed by atoms with E-state index in [-0.39, 0.29) is 19.2 Å². The van der Waals surface area contributed by atoms with Gasteiger partial charge >= 0.3 is 0 Å². The molecule has 0 aromatic rings. The van der Waals surface area contributed by atoms with Crippen LogP contribution < -0.4 is 6.15 Å². The minimum absolute atomic E-state index is 0. The van der Waals surface area contributed by atoms with Gasteiger partial charge in [-0.05, 0) is 12.8 Å². The topological polar surface area (TPSA) is 110 Å². The molecule has 0 bridgehead atoms. The summed E-state index contributed by atoms with van der Waals surface area (Å²) in [4.78, 5) is 0. The Kier molecular flexibility index (Phi) is 6.68. The fourth-order valence-electron chi connectivity index (χ4n) is 0.708. The lowest BCUT2D eigenvalue weighted by atomic mass is 10.2. The third-order valence-corrected chi connectivity index (χ3v) is 2.74. The molecule has 0 aliphatic carbocycles. The summed E-state index contributed by atoms with van der Waals surface area (Å²) in [5.74, 6) is 0. The lowest BCUT2D eigenvalue weighted by Gasteiger charge is -2.07. The molecule has 0 rings (SSSR count). The second-order valence-electron chi connectivity index (χ2n) is 2.06. The van der Waals surface area contributed by atoms with E-state index in [2.05, 4.69) is 0 Å². The number of aliphatic hydroxyl groups is 1. The summed E-state index contributed by atoms with van der Waals surface area (Å²) < 4.78 is 29.3. The van der Waals surface area contributed by atoms with E-state index in [4.69, 9.17) is 9.66 Å². The Labute approximate surface area is 66.8 Å². The first kappa shape index (κ1) is 13.4. The van der Waals surface area contributed by atoms with Crippen LogP contribution in [0.25, 0.3) is 0 Å². The zero-order valence-electron chi connectivity index (χ0n) is 6.52. The van der Waals surface area contributed by atoms with Crippen molar-refractivity contribution in [3.05, 3.63) is 0 Å². The van der Waals surface area contributed by atoms with Crippen LogP contribution in [0.15, 0.2) is 0 Å². The number of hydrogen-bond donors (Lipinski definition) is 3. The van der Waals surface area contributed by atoms with Gasteiger partial charge in [0.05, 0.1) is 5.25 Å². The standard InChI is InChI=1S/C5H12O4S.H3N/c1-2-5(3-4-6)10(7,8)9;/h5-6H,2-4H2,1H3,(H,7,8,9);1H3. The first-order valence-electron chi connectivity index (χ1n) is 3.09. The molecule has 1 atom stereocenters. The predicted molar refractivity (Wildman–Crippen MR) is 42.4 cm³/mol. The minimum atomic E-state index is -3.94. The van der Waals surface area contributed by atoms with E-state index < -0.39 is 15.4 Å². The molecule has 0 amide bonds. The van der Waals surface area contributed by atoms with Crippen molar-refractivity contribution in [1.82, 2.24) is 6.15 Å². The van der Waals surface area contributed by atoms with Gasteiger partial charge in [-0.25, -0.2) is 0 Å². The summed E-state index contributed by atoms with van der Waals surface area (Å²) in [6.07, 6.45) is 0.439. The van der Waals surface area contributed by atoms with Gasteiger partial charge in [0.1, 0.15) is 0 Å². The van der Waals surface area contributed by atoms with Gasteiger partial charge in [0.25, 0.3) is 10.1 Å². The van der Waals surface area contributed by atoms with Crippen molar-refractivity contribution in [1.29, 1.82) is 0 Å². The summed E-state index contributed by atoms with van der Waals surface area (Å²) in [5, 5.41) is 7.55. The van der Waals surface area contributed by atoms with E-state index in [1.54, 1.807) is 6.92 Å². The molecule has 5 N–H and O–H groups in total. The van der Waals surface area contributed by atoms with Crippen LogP contribution in [0.4, 0.5) is 0 Å². The quantitative estimate of drug-likeness (QED) is 0.542. The average molecular weight is 185 g/mol. The van der Waals surface area contributed by atoms with Crippen molar-refractivity contribution in [2.24, 2.45) is 0 Å². The highest BCUT2D eigenvalue weighted by molar-refractivity contribution is 7.86. The molecule has 0 spiro atoms. The average Bonchev–Trinajstić information content (AvgIpc) is 1.80. The highest BCUT2D eigenvalue weighted by atomic mass is 32.2. The Hall–Kier alpha value is -0.170. The first-order valence-corrected chi connectivity index (χ1v) is 4.59. The second-order valence-corrected chi connectivity index (χ2v) is 3.75. The molecule has 0 aliphatic heterocycles. The van der Waals surface area contributed by atoms with Gasteiger partial charge < -0.3 is 11.3 Å². The zero-order chi connectivity index (χ0) is 8.20. The van der Waals surface area contributed by atoms with E-state index in [1.807, 2.05) is 0 Å². The van der Waals surface area contributed by atoms with Crippen LogP contribution in [0.2, 0.25) is 0 Å². The van der Waals surface area contributed by atoms with Crippen LogP contribution in [-0.2, 0) is 10.1 Å². The SMILES string of the molecule is CCC(CCO)S(=O)(=O)O.N. The van der Waals surface area contributed by atoms with Crippen LogP contribution >= 0.6 is 0 Å². The Morgan fingerprint density at radius 2 is 1.91 bits per heavy atom. The van der Waals surface area contributed by atoms with Gasteiger partial charge in [-0.3, -0.25) is 4.55 Å². The minimum Gasteiger partial charge on any atom is -0.396 e. The molecule has 11 heavy (non-hydrogen) atoms. The predicted octanol–water partition coefficient (Wildman–Crippen LogP) is 0.197. The van der Waals surface area contributed by atoms with Gasteiger partial charge in [-0.1, -0.05) is 6.92 Å². The molecule has 1 unspecified atom stereocenters. The fourth-order valence-corrected chi connectivity index (χ4v) is 1.53. The summed E-state index contributed by atoms with van der Waals surface area (Å²) in [6.45, 7) is 1.44. The maximum Gasteiger partial charge on any atom is 0.267 e. The third kappa shape index (κ3) is 5.14. The molecule has 70 valence electrons. The summed E-state index contributed by atoms with van der Waals surface area (Å²) >= 11 is 0. The van der Waals surface area contributed by atoms with Crippen LogP contribution in [0.3, 0.4) is 0 Å². The van der Waals surface area contributed by atoms with E-state index in [1.165, 1.54) is 0 Å². The molecular weight excluding hydrogens is 170 g/mol. The molecule has 0 saturated carbocycles. The Morgan fingerprint density at radius 3 is 2.00 bits per heavy atom. The molecule has 0 fully saturated rings. The van der Waals surface area contributed by atoms with E-state index in [0.29, 0.717) is 6.42 Å². The summed E-state index contributed by atoms with van der Waals surface area (Å²) in [5.41, 5.74) is 0. The lowest BCUT2D eigenvalue weighted by Crippen LogP contribution is -2.20. The normalized spacial score (nSPS) is 13.7. The third-order valence-electron chi connectivity index (χ3n) is 1.33. The Balaban J connectivity index is 0. The number of aliphatic hydroxyl groups excluding tert-OH is 1. The highest BCUT2D eigenvalue weighted by Gasteiger charge is 2.19. The first-order chi connectivity index (χ1) is 4.52. The molecule has 0 aromatic heterocycles. The highest BCUT2D eigenvalue weighted by Crippen LogP contribution is 2.07. The second kappa shape index (κ2) is 5.48. The summed E-state index contributed by atoms with van der Waals surface area (Å²) in [7, 11) is -3.94. The molecule has 0 aromatic carbocycles. The van der Waals surface area contributed by atoms with Crippen molar-refractivity contribution in [3.8, 4) is 0 Å². The van der Waals surface area contributed by atoms with Crippen LogP contribution in [0, 0.1) is 0 Å². The Bertz CT molecular complexity index is 177. The smallest absolute Gasteiger partial charge is 0.267 e. The molecule has 5 nitrogen and oxygen atoms in total. The van der Waals surface area contributed by atoms with Gasteiger partial charge in [-0.2, -0.15) is 8.42 Å². The molecule has 0 aliphatic rings. The molecule has 0 saturated heterocycles. The van der Waals surface area contributed by atoms with Crippen LogP contribution in [0.5, 0.6) is 0 Å². The Morgan fingerprint density at radius 1 is 1.45 bits per heavy atom. The maximum absolute atomic E-state index is 10.4. The van der Waals surface area contributed by atoms with Gasteiger partial charge in [0.15, 0.2) is 0 Å². The molecular formula is C5H15NO4S. The number of hydrogen-bond acceptors (Lipinski definition) is 4. The molecule has 0 radical (unpaired) electrons. The molecule has 0 heterocycles. The van der Waals surface area contributed by atoms with Gasteiger partial charge in [0, 0.05) is 6.61 Å². The van der Waals surface area contributed by atoms with Crippen molar-refractivity contribution >= 4 is 10.1 Å². The van der Waals surface area contributed by atoms with Crippen molar-refractivity contribution < 1.29 is 18.1 Å². The van der Waals surface area contributed by atoms with E-state index in [9.17, 15) is 8.42 Å². The van der Waals surface area contributed by atoms with Crippen molar-refractivity contribution in [2.45, 2.75) is 25.0 Å². The largest absolute Gasteiger partial charge is 0.396 e. The summed E-state index contributed by atoms with van der Waals surface area (Å²) in [6, 6.07) is 0. The zero-order valence-corrected chi connectivity index (χ0v) is 7.34. The van der Waals surface area contributed by atoms with Crippen molar-refractivity contribution in [2.75, 3.05) is 6.61 Å². The van der Waals surface area contributed by atoms with Crippen LogP contribution in [-0.4, -0.2) is 29.9 Å². The van der Waals surface area contributed by atoms with E-state index >= 15 is 0 Å². The van der Waals surface area contributed by atoms with Crippen molar-refractivity contribution in [3.63, 3.8) is 0 Å². The fraction of sp³-hybridized carbons (Fsp3) is 1.00. The van der Waals surface area contributed by atoms with Gasteiger partial charge in [0.2, 0.25) is 0 Å². The molecule has 6 heteroatoms. The van der Waals surface area contributed by atoms with E-state index in [0.717, 1.165) is 0 Å². The maximum atomic E-state index is 10.4. The monoisotopic (exact) mass is 185 g/mol. The lowest BCUT2D eigenvalue weighted by molar-refractivity contribution is 0.281. The van der Waals surface area contributed by atoms with Crippen LogP contribution in [0.1, 0.15) is 19.8 Å².